The third kappa shape index (κ3) is 8.74. The lowest BCUT2D eigenvalue weighted by atomic mass is 10.2. The fourth-order valence-corrected chi connectivity index (χ4v) is 2.28. The Bertz CT molecular complexity index is 769. The molecule has 0 saturated carbocycles. The van der Waals surface area contributed by atoms with Crippen LogP contribution in [0.4, 0.5) is 23.2 Å². The standard InChI is InChI=1S/C18H20F4N4O.HI/c1-26(12-13-6-8-14(19)9-7-13)11-10-24-17(23)25-15-4-2-3-5-16(15)27-18(20,21)22;/h2-9H,10-12H2,1H3,(H3,23,24,25);1H. The predicted molar refractivity (Wildman–Crippen MR) is 111 cm³/mol. The number of likely N-dealkylation sites (N-methyl/N-ethyl adjacent to an activating group) is 1. The Morgan fingerprint density at radius 1 is 1.14 bits per heavy atom. The summed E-state index contributed by atoms with van der Waals surface area (Å²) >= 11 is 0. The minimum Gasteiger partial charge on any atom is -0.404 e. The number of benzene rings is 2. The van der Waals surface area contributed by atoms with E-state index in [4.69, 9.17) is 5.73 Å². The first-order chi connectivity index (χ1) is 12.7. The van der Waals surface area contributed by atoms with Gasteiger partial charge in [-0.3, -0.25) is 4.99 Å². The van der Waals surface area contributed by atoms with Gasteiger partial charge >= 0.3 is 6.36 Å². The van der Waals surface area contributed by atoms with Crippen LogP contribution in [0.25, 0.3) is 0 Å². The molecule has 2 aromatic carbocycles. The number of nitrogens with zero attached hydrogens (tertiary/aromatic N) is 2. The second-order valence-corrected chi connectivity index (χ2v) is 5.80. The Labute approximate surface area is 177 Å². The van der Waals surface area contributed by atoms with Crippen molar-refractivity contribution in [3.05, 3.63) is 59.9 Å². The highest BCUT2D eigenvalue weighted by Gasteiger charge is 2.32. The summed E-state index contributed by atoms with van der Waals surface area (Å²) in [6.45, 7) is 1.49. The SMILES string of the molecule is CN(CCN=C(N)Nc1ccccc1OC(F)(F)F)Cc1ccc(F)cc1.I. The van der Waals surface area contributed by atoms with Crippen molar-refractivity contribution in [1.29, 1.82) is 0 Å². The second-order valence-electron chi connectivity index (χ2n) is 5.80. The molecule has 2 rings (SSSR count). The Balaban J connectivity index is 0.00000392. The molecule has 154 valence electrons. The van der Waals surface area contributed by atoms with Gasteiger partial charge in [0.15, 0.2) is 11.7 Å². The Kier molecular flexibility index (Phi) is 9.46. The van der Waals surface area contributed by atoms with E-state index in [2.05, 4.69) is 15.0 Å². The second kappa shape index (κ2) is 11.1. The van der Waals surface area contributed by atoms with Gasteiger partial charge in [0, 0.05) is 13.1 Å². The van der Waals surface area contributed by atoms with Crippen LogP contribution in [0.2, 0.25) is 0 Å². The molecular formula is C18H21F4IN4O. The molecule has 0 unspecified atom stereocenters. The molecule has 0 atom stereocenters. The summed E-state index contributed by atoms with van der Waals surface area (Å²) in [7, 11) is 1.87. The largest absolute Gasteiger partial charge is 0.573 e. The number of halogens is 5. The van der Waals surface area contributed by atoms with Crippen molar-refractivity contribution < 1.29 is 22.3 Å². The first-order valence-corrected chi connectivity index (χ1v) is 8.07. The quantitative estimate of drug-likeness (QED) is 0.253. The molecule has 10 heteroatoms. The number of nitrogens with one attached hydrogen (secondary N) is 1. The summed E-state index contributed by atoms with van der Waals surface area (Å²) in [5.41, 5.74) is 6.75. The van der Waals surface area contributed by atoms with Gasteiger partial charge in [-0.15, -0.1) is 37.1 Å². The maximum Gasteiger partial charge on any atom is 0.573 e. The number of rotatable bonds is 7. The minimum atomic E-state index is -4.80. The van der Waals surface area contributed by atoms with Gasteiger partial charge in [-0.2, -0.15) is 0 Å². The number of hydrogen-bond acceptors (Lipinski definition) is 3. The van der Waals surface area contributed by atoms with Gasteiger partial charge in [-0.1, -0.05) is 24.3 Å². The van der Waals surface area contributed by atoms with Crippen molar-refractivity contribution in [1.82, 2.24) is 4.90 Å². The third-order valence-electron chi connectivity index (χ3n) is 3.51. The smallest absolute Gasteiger partial charge is 0.404 e. The van der Waals surface area contributed by atoms with E-state index in [1.807, 2.05) is 11.9 Å². The summed E-state index contributed by atoms with van der Waals surface area (Å²) in [4.78, 5) is 6.06. The van der Waals surface area contributed by atoms with Gasteiger partial charge in [-0.25, -0.2) is 4.39 Å². The minimum absolute atomic E-state index is 0. The Morgan fingerprint density at radius 2 is 1.79 bits per heavy atom. The molecule has 0 radical (unpaired) electrons. The first kappa shape index (κ1) is 24.0. The molecule has 2 aromatic rings. The van der Waals surface area contributed by atoms with Crippen molar-refractivity contribution in [2.45, 2.75) is 12.9 Å². The number of para-hydroxylation sites is 2. The lowest BCUT2D eigenvalue weighted by Gasteiger charge is -2.16. The fraction of sp³-hybridized carbons (Fsp3) is 0.278. The molecule has 0 aromatic heterocycles. The highest BCUT2D eigenvalue weighted by Crippen LogP contribution is 2.29. The van der Waals surface area contributed by atoms with E-state index in [9.17, 15) is 17.6 Å². The monoisotopic (exact) mass is 512 g/mol. The molecule has 0 bridgehead atoms. The summed E-state index contributed by atoms with van der Waals surface area (Å²) in [6, 6.07) is 11.7. The first-order valence-electron chi connectivity index (χ1n) is 8.07. The lowest BCUT2D eigenvalue weighted by Crippen LogP contribution is -2.27. The summed E-state index contributed by atoms with van der Waals surface area (Å²) in [5.74, 6) is -0.709. The molecule has 0 saturated heterocycles. The van der Waals surface area contributed by atoms with Gasteiger partial charge < -0.3 is 20.7 Å². The number of ether oxygens (including phenoxy) is 1. The van der Waals surface area contributed by atoms with Gasteiger partial charge in [0.1, 0.15) is 5.82 Å². The average Bonchev–Trinajstić information content (AvgIpc) is 2.57. The number of nitrogens with two attached hydrogens (primary N) is 1. The number of hydrogen-bond donors (Lipinski definition) is 2. The third-order valence-corrected chi connectivity index (χ3v) is 3.51. The fourth-order valence-electron chi connectivity index (χ4n) is 2.28. The predicted octanol–water partition coefficient (Wildman–Crippen LogP) is 4.20. The molecule has 0 aliphatic rings. The molecular weight excluding hydrogens is 491 g/mol. The number of anilines is 1. The zero-order chi connectivity index (χ0) is 19.9. The van der Waals surface area contributed by atoms with Gasteiger partial charge in [0.05, 0.1) is 12.2 Å². The van der Waals surface area contributed by atoms with E-state index in [-0.39, 0.29) is 41.4 Å². The van der Waals surface area contributed by atoms with Gasteiger partial charge in [0.2, 0.25) is 0 Å². The summed E-state index contributed by atoms with van der Waals surface area (Å²) in [5, 5.41) is 2.61. The molecule has 0 aliphatic heterocycles. The van der Waals surface area contributed by atoms with Crippen molar-refractivity contribution in [3.63, 3.8) is 0 Å². The van der Waals surface area contributed by atoms with Crippen LogP contribution in [-0.4, -0.2) is 37.4 Å². The van der Waals surface area contributed by atoms with Gasteiger partial charge in [0.25, 0.3) is 0 Å². The molecule has 28 heavy (non-hydrogen) atoms. The van der Waals surface area contributed by atoms with Crippen LogP contribution in [0.1, 0.15) is 5.56 Å². The van der Waals surface area contributed by atoms with E-state index in [1.54, 1.807) is 18.2 Å². The number of guanidine groups is 1. The molecule has 0 amide bonds. The van der Waals surface area contributed by atoms with Crippen LogP contribution in [0.5, 0.6) is 5.75 Å². The van der Waals surface area contributed by atoms with E-state index >= 15 is 0 Å². The molecule has 0 heterocycles. The van der Waals surface area contributed by atoms with Crippen LogP contribution < -0.4 is 15.8 Å². The molecule has 5 nitrogen and oxygen atoms in total. The zero-order valence-electron chi connectivity index (χ0n) is 15.0. The lowest BCUT2D eigenvalue weighted by molar-refractivity contribution is -0.274. The van der Waals surface area contributed by atoms with Crippen molar-refractivity contribution in [3.8, 4) is 5.75 Å². The maximum absolute atomic E-state index is 12.9. The van der Waals surface area contributed by atoms with E-state index in [0.29, 0.717) is 19.6 Å². The topological polar surface area (TPSA) is 62.9 Å². The number of alkyl halides is 3. The normalized spacial score (nSPS) is 11.9. The van der Waals surface area contributed by atoms with Crippen molar-refractivity contribution in [2.75, 3.05) is 25.5 Å². The Hall–Kier alpha value is -2.08. The van der Waals surface area contributed by atoms with Crippen molar-refractivity contribution >= 4 is 35.6 Å². The van der Waals surface area contributed by atoms with E-state index < -0.39 is 12.1 Å². The summed E-state index contributed by atoms with van der Waals surface area (Å²) < 4.78 is 54.1. The average molecular weight is 512 g/mol. The van der Waals surface area contributed by atoms with Crippen LogP contribution in [0.15, 0.2) is 53.5 Å². The maximum atomic E-state index is 12.9. The summed E-state index contributed by atoms with van der Waals surface area (Å²) in [6.07, 6.45) is -4.80. The molecule has 0 aliphatic carbocycles. The van der Waals surface area contributed by atoms with Crippen LogP contribution in [0, 0.1) is 5.82 Å². The van der Waals surface area contributed by atoms with E-state index in [0.717, 1.165) is 5.56 Å². The highest BCUT2D eigenvalue weighted by atomic mass is 127. The van der Waals surface area contributed by atoms with Crippen molar-refractivity contribution in [2.24, 2.45) is 10.7 Å². The highest BCUT2D eigenvalue weighted by molar-refractivity contribution is 14.0. The molecule has 0 spiro atoms. The van der Waals surface area contributed by atoms with Crippen LogP contribution in [0.3, 0.4) is 0 Å². The van der Waals surface area contributed by atoms with Crippen LogP contribution >= 0.6 is 24.0 Å². The number of aliphatic imine (C=N–C) groups is 1. The molecule has 0 fully saturated rings. The molecule has 3 N–H and O–H groups in total. The zero-order valence-corrected chi connectivity index (χ0v) is 17.4. The Morgan fingerprint density at radius 3 is 2.43 bits per heavy atom. The van der Waals surface area contributed by atoms with E-state index in [1.165, 1.54) is 30.3 Å². The van der Waals surface area contributed by atoms with Crippen LogP contribution in [-0.2, 0) is 6.54 Å². The van der Waals surface area contributed by atoms with Gasteiger partial charge in [-0.05, 0) is 36.9 Å².